The van der Waals surface area contributed by atoms with Gasteiger partial charge in [-0.05, 0) is 25.5 Å². The number of hydrogen-bond acceptors (Lipinski definition) is 2. The molecule has 3 nitrogen and oxygen atoms in total. The van der Waals surface area contributed by atoms with E-state index in [-0.39, 0.29) is 11.4 Å². The van der Waals surface area contributed by atoms with Crippen LogP contribution in [0.2, 0.25) is 0 Å². The Hall–Kier alpha value is -0.420. The Balaban J connectivity index is 2.89. The van der Waals surface area contributed by atoms with Gasteiger partial charge in [-0.25, -0.2) is 0 Å². The molecule has 1 rings (SSSR count). The van der Waals surface area contributed by atoms with Crippen molar-refractivity contribution < 1.29 is 4.79 Å². The van der Waals surface area contributed by atoms with E-state index in [1.165, 1.54) is 0 Å². The molecule has 0 aromatic carbocycles. The van der Waals surface area contributed by atoms with Crippen LogP contribution in [0.4, 0.5) is 0 Å². The van der Waals surface area contributed by atoms with E-state index >= 15 is 0 Å². The third-order valence-electron chi connectivity index (χ3n) is 2.82. The summed E-state index contributed by atoms with van der Waals surface area (Å²) in [6, 6.07) is 3.57. The summed E-state index contributed by atoms with van der Waals surface area (Å²) in [5.41, 5.74) is 1.13. The number of amides is 1. The zero-order valence-corrected chi connectivity index (χ0v) is 13.1. The van der Waals surface area contributed by atoms with Crippen LogP contribution in [0.1, 0.15) is 29.4 Å². The summed E-state index contributed by atoms with van der Waals surface area (Å²) in [6.45, 7) is 3.89. The minimum Gasteiger partial charge on any atom is -0.345 e. The fourth-order valence-corrected chi connectivity index (χ4v) is 3.41. The first-order chi connectivity index (χ1) is 8.08. The van der Waals surface area contributed by atoms with Gasteiger partial charge in [0.25, 0.3) is 5.91 Å². The minimum absolute atomic E-state index is 0.0728. The lowest BCUT2D eigenvalue weighted by molar-refractivity contribution is 0.0914. The standard InChI is InChI=1S/C12H16Br2N2O/c1-3-12(7-13,8-14)16-11(17)10-5-4-6-15-9(10)2/h4-6H,3,7-8H2,1-2H3,(H,16,17). The molecule has 1 heterocycles. The smallest absolute Gasteiger partial charge is 0.253 e. The lowest BCUT2D eigenvalue weighted by Gasteiger charge is -2.30. The Morgan fingerprint density at radius 1 is 1.47 bits per heavy atom. The second-order valence-corrected chi connectivity index (χ2v) is 5.11. The number of rotatable bonds is 5. The summed E-state index contributed by atoms with van der Waals surface area (Å²) in [7, 11) is 0. The molecule has 0 aliphatic heterocycles. The number of aryl methyl sites for hydroxylation is 1. The van der Waals surface area contributed by atoms with Crippen LogP contribution in [0.3, 0.4) is 0 Å². The van der Waals surface area contributed by atoms with Crippen molar-refractivity contribution in [3.63, 3.8) is 0 Å². The number of alkyl halides is 2. The highest BCUT2D eigenvalue weighted by Gasteiger charge is 2.28. The van der Waals surface area contributed by atoms with Gasteiger partial charge in [0.15, 0.2) is 0 Å². The van der Waals surface area contributed by atoms with Crippen LogP contribution in [0.5, 0.6) is 0 Å². The number of nitrogens with one attached hydrogen (secondary N) is 1. The molecule has 17 heavy (non-hydrogen) atoms. The molecule has 0 unspecified atom stereocenters. The van der Waals surface area contributed by atoms with Crippen molar-refractivity contribution in [2.45, 2.75) is 25.8 Å². The summed E-state index contributed by atoms with van der Waals surface area (Å²) in [6.07, 6.45) is 2.54. The van der Waals surface area contributed by atoms with Crippen molar-refractivity contribution in [3.05, 3.63) is 29.6 Å². The summed E-state index contributed by atoms with van der Waals surface area (Å²) in [4.78, 5) is 16.3. The number of carbonyl (C=O) groups excluding carboxylic acids is 1. The van der Waals surface area contributed by atoms with Crippen LogP contribution < -0.4 is 5.32 Å². The molecule has 0 bridgehead atoms. The number of nitrogens with zero attached hydrogens (tertiary/aromatic N) is 1. The molecule has 1 N–H and O–H groups in total. The van der Waals surface area contributed by atoms with E-state index in [1.54, 1.807) is 18.3 Å². The van der Waals surface area contributed by atoms with Crippen molar-refractivity contribution in [3.8, 4) is 0 Å². The molecule has 5 heteroatoms. The Bertz CT molecular complexity index is 384. The average Bonchev–Trinajstić information content (AvgIpc) is 2.36. The minimum atomic E-state index is -0.251. The van der Waals surface area contributed by atoms with Gasteiger partial charge in [-0.1, -0.05) is 38.8 Å². The van der Waals surface area contributed by atoms with Gasteiger partial charge in [0.1, 0.15) is 0 Å². The number of aromatic nitrogens is 1. The van der Waals surface area contributed by atoms with Gasteiger partial charge in [0.05, 0.1) is 11.1 Å². The molecule has 1 aromatic rings. The van der Waals surface area contributed by atoms with Crippen molar-refractivity contribution in [1.29, 1.82) is 0 Å². The van der Waals surface area contributed by atoms with Gasteiger partial charge in [-0.3, -0.25) is 9.78 Å². The van der Waals surface area contributed by atoms with Gasteiger partial charge in [-0.2, -0.15) is 0 Å². The summed E-state index contributed by atoms with van der Waals surface area (Å²) < 4.78 is 0. The predicted molar refractivity (Wildman–Crippen MR) is 77.1 cm³/mol. The zero-order chi connectivity index (χ0) is 12.9. The van der Waals surface area contributed by atoms with Gasteiger partial charge in [-0.15, -0.1) is 0 Å². The van der Waals surface area contributed by atoms with Crippen molar-refractivity contribution in [1.82, 2.24) is 10.3 Å². The average molecular weight is 364 g/mol. The molecule has 0 aliphatic rings. The van der Waals surface area contributed by atoms with E-state index in [0.717, 1.165) is 12.1 Å². The second kappa shape index (κ2) is 6.50. The first-order valence-corrected chi connectivity index (χ1v) is 7.69. The molecule has 0 saturated carbocycles. The SMILES string of the molecule is CCC(CBr)(CBr)NC(=O)c1cccnc1C. The largest absolute Gasteiger partial charge is 0.345 e. The van der Waals surface area contributed by atoms with E-state index in [0.29, 0.717) is 16.2 Å². The maximum absolute atomic E-state index is 12.2. The van der Waals surface area contributed by atoms with E-state index in [1.807, 2.05) is 6.92 Å². The topological polar surface area (TPSA) is 42.0 Å². The number of hydrogen-bond donors (Lipinski definition) is 1. The molecule has 0 saturated heterocycles. The van der Waals surface area contributed by atoms with Crippen LogP contribution in [0, 0.1) is 6.92 Å². The van der Waals surface area contributed by atoms with Crippen LogP contribution in [0.25, 0.3) is 0 Å². The van der Waals surface area contributed by atoms with E-state index < -0.39 is 0 Å². The number of carbonyl (C=O) groups is 1. The molecule has 0 aliphatic carbocycles. The van der Waals surface area contributed by atoms with Crippen LogP contribution in [-0.4, -0.2) is 27.1 Å². The highest BCUT2D eigenvalue weighted by atomic mass is 79.9. The highest BCUT2D eigenvalue weighted by molar-refractivity contribution is 9.09. The second-order valence-electron chi connectivity index (χ2n) is 3.99. The molecule has 0 spiro atoms. The summed E-state index contributed by atoms with van der Waals surface area (Å²) in [5, 5.41) is 4.49. The predicted octanol–water partition coefficient (Wildman–Crippen LogP) is 3.06. The molecular formula is C12H16Br2N2O. The maximum atomic E-state index is 12.2. The highest BCUT2D eigenvalue weighted by Crippen LogP contribution is 2.18. The lowest BCUT2D eigenvalue weighted by Crippen LogP contribution is -2.51. The Morgan fingerprint density at radius 2 is 2.12 bits per heavy atom. The van der Waals surface area contributed by atoms with Crippen molar-refractivity contribution in [2.24, 2.45) is 0 Å². The number of halogens is 2. The van der Waals surface area contributed by atoms with Crippen molar-refractivity contribution >= 4 is 37.8 Å². The molecular weight excluding hydrogens is 348 g/mol. The summed E-state index contributed by atoms with van der Waals surface area (Å²) >= 11 is 6.91. The van der Waals surface area contributed by atoms with E-state index in [2.05, 4.69) is 49.1 Å². The molecule has 1 amide bonds. The Kier molecular flexibility index (Phi) is 5.59. The zero-order valence-electron chi connectivity index (χ0n) is 9.96. The fraction of sp³-hybridized carbons (Fsp3) is 0.500. The monoisotopic (exact) mass is 362 g/mol. The van der Waals surface area contributed by atoms with Gasteiger partial charge >= 0.3 is 0 Å². The maximum Gasteiger partial charge on any atom is 0.253 e. The van der Waals surface area contributed by atoms with Gasteiger partial charge in [0, 0.05) is 22.6 Å². The van der Waals surface area contributed by atoms with Crippen LogP contribution >= 0.6 is 31.9 Å². The van der Waals surface area contributed by atoms with Gasteiger partial charge in [0.2, 0.25) is 0 Å². The Labute approximate surface area is 119 Å². The quantitative estimate of drug-likeness (QED) is 0.817. The Morgan fingerprint density at radius 3 is 2.59 bits per heavy atom. The van der Waals surface area contributed by atoms with E-state index in [4.69, 9.17) is 0 Å². The van der Waals surface area contributed by atoms with Crippen molar-refractivity contribution in [2.75, 3.05) is 10.7 Å². The van der Waals surface area contributed by atoms with E-state index in [9.17, 15) is 4.79 Å². The molecule has 94 valence electrons. The number of pyridine rings is 1. The molecule has 0 fully saturated rings. The van der Waals surface area contributed by atoms with Gasteiger partial charge < -0.3 is 5.32 Å². The first-order valence-electron chi connectivity index (χ1n) is 5.44. The normalized spacial score (nSPS) is 11.3. The molecule has 0 atom stereocenters. The molecule has 1 aromatic heterocycles. The molecule has 0 radical (unpaired) electrons. The van der Waals surface area contributed by atoms with Crippen LogP contribution in [-0.2, 0) is 0 Å². The first kappa shape index (κ1) is 14.6. The lowest BCUT2D eigenvalue weighted by atomic mass is 10.0. The van der Waals surface area contributed by atoms with Crippen LogP contribution in [0.15, 0.2) is 18.3 Å². The third-order valence-corrected chi connectivity index (χ3v) is 4.97. The third kappa shape index (κ3) is 3.52. The summed E-state index contributed by atoms with van der Waals surface area (Å²) in [5.74, 6) is -0.0728. The fourth-order valence-electron chi connectivity index (χ4n) is 1.41.